The minimum Gasteiger partial charge on any atom is -0.481 e. The Labute approximate surface area is 243 Å². The molecule has 0 saturated carbocycles. The van der Waals surface area contributed by atoms with Crippen LogP contribution in [-0.4, -0.2) is 63.1 Å². The number of carboxylic acids is 1. The molecule has 3 aromatic carbocycles. The first kappa shape index (κ1) is 29.6. The molecule has 0 aromatic heterocycles. The second-order valence-corrected chi connectivity index (χ2v) is 12.1. The largest absolute Gasteiger partial charge is 0.481 e. The van der Waals surface area contributed by atoms with E-state index in [9.17, 15) is 22.8 Å². The molecule has 0 atom stereocenters. The molecule has 0 unspecified atom stereocenters. The third-order valence-electron chi connectivity index (χ3n) is 6.45. The average molecular weight is 597 g/mol. The molecule has 1 aliphatic heterocycles. The first-order chi connectivity index (χ1) is 19.3. The van der Waals surface area contributed by atoms with Crippen LogP contribution in [0.2, 0.25) is 5.02 Å². The van der Waals surface area contributed by atoms with E-state index < -0.39 is 16.0 Å². The number of hydrogen-bond donors (Lipinski definition) is 3. The number of anilines is 3. The molecule has 2 amide bonds. The standard InChI is InChI=1S/C29H29ClN4O6S/c1-33(2)25(35)17-34(41(3,39)40)22-12-10-21(11-13-22)31-28(19-7-4-18(5-8-19)6-15-26(36)37)27-23-14-9-20(30)16-24(23)32-29(27)38/h4-5,7-14,16,31H,6,15,17H2,1-3H3,(H,32,38)(H,36,37). The van der Waals surface area contributed by atoms with Crippen molar-refractivity contribution in [1.29, 1.82) is 0 Å². The highest BCUT2D eigenvalue weighted by Crippen LogP contribution is 2.39. The predicted molar refractivity (Wildman–Crippen MR) is 160 cm³/mol. The number of sulfonamides is 1. The lowest BCUT2D eigenvalue weighted by Gasteiger charge is -2.24. The van der Waals surface area contributed by atoms with Gasteiger partial charge in [0.05, 0.1) is 28.9 Å². The van der Waals surface area contributed by atoms with Crippen LogP contribution in [0.25, 0.3) is 11.3 Å². The molecular formula is C29H29ClN4O6S. The van der Waals surface area contributed by atoms with Gasteiger partial charge in [-0.25, -0.2) is 8.42 Å². The third kappa shape index (κ3) is 7.05. The number of amides is 2. The van der Waals surface area contributed by atoms with Gasteiger partial charge >= 0.3 is 5.97 Å². The van der Waals surface area contributed by atoms with Crippen molar-refractivity contribution in [3.8, 4) is 0 Å². The Kier molecular flexibility index (Phi) is 8.69. The molecule has 0 radical (unpaired) electrons. The number of nitrogens with zero attached hydrogens (tertiary/aromatic N) is 2. The highest BCUT2D eigenvalue weighted by atomic mass is 35.5. The molecule has 41 heavy (non-hydrogen) atoms. The number of nitrogens with one attached hydrogen (secondary N) is 2. The zero-order valence-corrected chi connectivity index (χ0v) is 24.2. The van der Waals surface area contributed by atoms with Gasteiger partial charge in [-0.15, -0.1) is 0 Å². The molecule has 10 nitrogen and oxygen atoms in total. The SMILES string of the molecule is CN(C)C(=O)CN(c1ccc(NC(=C2C(=O)Nc3cc(Cl)ccc32)c2ccc(CCC(=O)O)cc2)cc1)S(C)(=O)=O. The van der Waals surface area contributed by atoms with Gasteiger partial charge in [-0.3, -0.25) is 18.7 Å². The van der Waals surface area contributed by atoms with E-state index in [1.165, 1.54) is 4.90 Å². The number of carbonyl (C=O) groups is 3. The molecule has 0 spiro atoms. The Morgan fingerprint density at radius 3 is 2.24 bits per heavy atom. The molecule has 214 valence electrons. The fourth-order valence-corrected chi connectivity index (χ4v) is 5.30. The minimum atomic E-state index is -3.74. The average Bonchev–Trinajstić information content (AvgIpc) is 3.23. The van der Waals surface area contributed by atoms with Crippen LogP contribution in [0, 0.1) is 0 Å². The maximum atomic E-state index is 13.2. The van der Waals surface area contributed by atoms with E-state index in [1.54, 1.807) is 68.7 Å². The summed E-state index contributed by atoms with van der Waals surface area (Å²) in [6, 6.07) is 18.8. The summed E-state index contributed by atoms with van der Waals surface area (Å²) < 4.78 is 25.9. The van der Waals surface area contributed by atoms with E-state index in [2.05, 4.69) is 10.6 Å². The number of hydrogen-bond acceptors (Lipinski definition) is 6. The Balaban J connectivity index is 1.73. The second-order valence-electron chi connectivity index (χ2n) is 9.71. The molecule has 0 aliphatic carbocycles. The summed E-state index contributed by atoms with van der Waals surface area (Å²) in [7, 11) is -0.641. The van der Waals surface area contributed by atoms with Crippen molar-refractivity contribution < 1.29 is 27.9 Å². The third-order valence-corrected chi connectivity index (χ3v) is 7.82. The molecule has 4 rings (SSSR count). The second kappa shape index (κ2) is 12.0. The van der Waals surface area contributed by atoms with E-state index in [0.717, 1.165) is 16.1 Å². The normalized spacial score (nSPS) is 13.7. The Hall–Kier alpha value is -4.35. The minimum absolute atomic E-state index is 0.000922. The zero-order chi connectivity index (χ0) is 29.9. The molecule has 3 N–H and O–H groups in total. The maximum Gasteiger partial charge on any atom is 0.303 e. The predicted octanol–water partition coefficient (Wildman–Crippen LogP) is 4.14. The number of rotatable bonds is 10. The number of halogens is 1. The number of fused-ring (bicyclic) bond motifs is 1. The summed E-state index contributed by atoms with van der Waals surface area (Å²) >= 11 is 6.14. The van der Waals surface area contributed by atoms with Crippen molar-refractivity contribution in [1.82, 2.24) is 4.90 Å². The molecule has 1 heterocycles. The highest BCUT2D eigenvalue weighted by molar-refractivity contribution is 7.92. The van der Waals surface area contributed by atoms with Crippen LogP contribution in [0.1, 0.15) is 23.1 Å². The van der Waals surface area contributed by atoms with Crippen LogP contribution in [0.4, 0.5) is 17.1 Å². The lowest BCUT2D eigenvalue weighted by molar-refractivity contribution is -0.137. The van der Waals surface area contributed by atoms with Gasteiger partial charge in [-0.2, -0.15) is 0 Å². The summed E-state index contributed by atoms with van der Waals surface area (Å²) in [5.74, 6) is -1.59. The van der Waals surface area contributed by atoms with Gasteiger partial charge in [0.25, 0.3) is 5.91 Å². The summed E-state index contributed by atoms with van der Waals surface area (Å²) in [4.78, 5) is 37.7. The Morgan fingerprint density at radius 1 is 1.00 bits per heavy atom. The lowest BCUT2D eigenvalue weighted by Crippen LogP contribution is -2.39. The quantitative estimate of drug-likeness (QED) is 0.299. The van der Waals surface area contributed by atoms with E-state index >= 15 is 0 Å². The number of aliphatic carboxylic acids is 1. The lowest BCUT2D eigenvalue weighted by atomic mass is 9.98. The number of aryl methyl sites for hydroxylation is 1. The smallest absolute Gasteiger partial charge is 0.303 e. The van der Waals surface area contributed by atoms with Crippen LogP contribution in [0.5, 0.6) is 0 Å². The van der Waals surface area contributed by atoms with Crippen LogP contribution in [0.3, 0.4) is 0 Å². The van der Waals surface area contributed by atoms with Crippen molar-refractivity contribution >= 4 is 67.7 Å². The number of likely N-dealkylation sites (N-methyl/N-ethyl adjacent to an activating group) is 1. The van der Waals surface area contributed by atoms with Gasteiger partial charge in [0, 0.05) is 36.8 Å². The fourth-order valence-electron chi connectivity index (χ4n) is 4.28. The maximum absolute atomic E-state index is 13.2. The first-order valence-corrected chi connectivity index (χ1v) is 14.8. The highest BCUT2D eigenvalue weighted by Gasteiger charge is 2.29. The van der Waals surface area contributed by atoms with E-state index in [1.807, 2.05) is 12.1 Å². The molecule has 12 heteroatoms. The van der Waals surface area contributed by atoms with Crippen LogP contribution in [-0.2, 0) is 30.8 Å². The Morgan fingerprint density at radius 2 is 1.66 bits per heavy atom. The number of benzene rings is 3. The molecule has 0 saturated heterocycles. The van der Waals surface area contributed by atoms with Gasteiger partial charge in [0.2, 0.25) is 15.9 Å². The van der Waals surface area contributed by atoms with Crippen LogP contribution >= 0.6 is 11.6 Å². The van der Waals surface area contributed by atoms with Gasteiger partial charge in [0.15, 0.2) is 0 Å². The van der Waals surface area contributed by atoms with E-state index in [-0.39, 0.29) is 24.8 Å². The summed E-state index contributed by atoms with van der Waals surface area (Å²) in [6.07, 6.45) is 1.40. The molecule has 1 aliphatic rings. The number of carbonyl (C=O) groups excluding carboxylic acids is 2. The zero-order valence-electron chi connectivity index (χ0n) is 22.6. The van der Waals surface area contributed by atoms with Gasteiger partial charge in [0.1, 0.15) is 6.54 Å². The van der Waals surface area contributed by atoms with Crippen molar-refractivity contribution in [2.45, 2.75) is 12.8 Å². The van der Waals surface area contributed by atoms with Crippen LogP contribution < -0.4 is 14.9 Å². The molecule has 0 fully saturated rings. The van der Waals surface area contributed by atoms with Crippen molar-refractivity contribution in [3.63, 3.8) is 0 Å². The van der Waals surface area contributed by atoms with Gasteiger partial charge in [-0.05, 0) is 53.9 Å². The van der Waals surface area contributed by atoms with Gasteiger partial charge in [-0.1, -0.05) is 41.9 Å². The van der Waals surface area contributed by atoms with Gasteiger partial charge < -0.3 is 20.6 Å². The summed E-state index contributed by atoms with van der Waals surface area (Å²) in [5.41, 5.74) is 4.48. The topological polar surface area (TPSA) is 136 Å². The summed E-state index contributed by atoms with van der Waals surface area (Å²) in [5, 5.41) is 15.6. The Bertz CT molecular complexity index is 1630. The van der Waals surface area contributed by atoms with E-state index in [4.69, 9.17) is 16.7 Å². The van der Waals surface area contributed by atoms with Crippen molar-refractivity contribution in [2.24, 2.45) is 0 Å². The fraction of sp³-hybridized carbons (Fsp3) is 0.207. The molecule has 0 bridgehead atoms. The molecular weight excluding hydrogens is 568 g/mol. The number of carboxylic acid groups (broad SMARTS) is 1. The monoisotopic (exact) mass is 596 g/mol. The molecule has 3 aromatic rings. The first-order valence-electron chi connectivity index (χ1n) is 12.5. The van der Waals surface area contributed by atoms with Crippen molar-refractivity contribution in [3.05, 3.63) is 88.4 Å². The summed E-state index contributed by atoms with van der Waals surface area (Å²) in [6.45, 7) is -0.346. The van der Waals surface area contributed by atoms with E-state index in [0.29, 0.717) is 50.9 Å². The van der Waals surface area contributed by atoms with Crippen LogP contribution in [0.15, 0.2) is 66.7 Å². The van der Waals surface area contributed by atoms with Crippen molar-refractivity contribution in [2.75, 3.05) is 41.8 Å².